The van der Waals surface area contributed by atoms with Crippen LogP contribution in [0, 0.1) is 5.82 Å². The summed E-state index contributed by atoms with van der Waals surface area (Å²) >= 11 is 5.94. The third-order valence-electron chi connectivity index (χ3n) is 6.07. The van der Waals surface area contributed by atoms with Gasteiger partial charge >= 0.3 is 6.09 Å². The number of hydrogen-bond donors (Lipinski definition) is 0. The Bertz CT molecular complexity index is 995. The van der Waals surface area contributed by atoms with Crippen LogP contribution in [0.15, 0.2) is 36.4 Å². The summed E-state index contributed by atoms with van der Waals surface area (Å²) in [4.78, 5) is 14.2. The second-order valence-corrected chi connectivity index (χ2v) is 10.1. The Labute approximate surface area is 188 Å². The molecule has 2 aromatic carbocycles. The molecule has 6 heteroatoms. The predicted octanol–water partition coefficient (Wildman–Crippen LogP) is 6.44. The van der Waals surface area contributed by atoms with Crippen LogP contribution in [0.1, 0.15) is 63.1 Å². The van der Waals surface area contributed by atoms with E-state index in [1.54, 1.807) is 17.0 Å². The lowest BCUT2D eigenvalue weighted by Gasteiger charge is -2.34. The Kier molecular flexibility index (Phi) is 5.67. The molecule has 166 valence electrons. The van der Waals surface area contributed by atoms with Crippen molar-refractivity contribution in [1.29, 1.82) is 0 Å². The van der Waals surface area contributed by atoms with Gasteiger partial charge in [0.1, 0.15) is 22.8 Å². The Morgan fingerprint density at radius 2 is 1.94 bits per heavy atom. The molecule has 4 nitrogen and oxygen atoms in total. The number of benzene rings is 2. The monoisotopic (exact) mass is 445 g/mol. The summed E-state index contributed by atoms with van der Waals surface area (Å²) in [7, 11) is 0. The van der Waals surface area contributed by atoms with Crippen LogP contribution in [-0.2, 0) is 16.8 Å². The molecule has 0 N–H and O–H groups in total. The molecular formula is C25H29ClFNO3. The predicted molar refractivity (Wildman–Crippen MR) is 119 cm³/mol. The third-order valence-corrected chi connectivity index (χ3v) is 6.30. The van der Waals surface area contributed by atoms with E-state index >= 15 is 0 Å². The fourth-order valence-corrected chi connectivity index (χ4v) is 4.74. The normalized spacial score (nSPS) is 21.5. The molecule has 1 atom stereocenters. The molecule has 31 heavy (non-hydrogen) atoms. The molecule has 1 amide bonds. The largest absolute Gasteiger partial charge is 0.482 e. The highest BCUT2D eigenvalue weighted by molar-refractivity contribution is 6.30. The summed E-state index contributed by atoms with van der Waals surface area (Å²) in [6.45, 7) is 8.85. The molecule has 4 rings (SSSR count). The summed E-state index contributed by atoms with van der Waals surface area (Å²) in [6.07, 6.45) is 2.02. The maximum atomic E-state index is 14.6. The average Bonchev–Trinajstić information content (AvgIpc) is 3.03. The topological polar surface area (TPSA) is 38.8 Å². The van der Waals surface area contributed by atoms with E-state index in [-0.39, 0.29) is 17.8 Å². The van der Waals surface area contributed by atoms with Crippen molar-refractivity contribution in [3.05, 3.63) is 63.9 Å². The molecule has 0 spiro atoms. The van der Waals surface area contributed by atoms with Gasteiger partial charge in [-0.3, -0.25) is 0 Å². The van der Waals surface area contributed by atoms with E-state index in [9.17, 15) is 9.18 Å². The van der Waals surface area contributed by atoms with Gasteiger partial charge in [0.25, 0.3) is 0 Å². The lowest BCUT2D eigenvalue weighted by Crippen LogP contribution is -2.41. The van der Waals surface area contributed by atoms with E-state index in [0.717, 1.165) is 29.7 Å². The highest BCUT2D eigenvalue weighted by Crippen LogP contribution is 2.47. The van der Waals surface area contributed by atoms with E-state index in [2.05, 4.69) is 6.07 Å². The maximum absolute atomic E-state index is 14.6. The number of ether oxygens (including phenoxy) is 2. The van der Waals surface area contributed by atoms with Crippen LogP contribution in [0.2, 0.25) is 5.02 Å². The highest BCUT2D eigenvalue weighted by Gasteiger charge is 2.41. The van der Waals surface area contributed by atoms with E-state index < -0.39 is 11.2 Å². The molecular weight excluding hydrogens is 417 g/mol. The van der Waals surface area contributed by atoms with E-state index in [0.29, 0.717) is 30.1 Å². The smallest absolute Gasteiger partial charge is 0.410 e. The molecule has 1 saturated heterocycles. The average molecular weight is 446 g/mol. The van der Waals surface area contributed by atoms with E-state index in [4.69, 9.17) is 21.1 Å². The van der Waals surface area contributed by atoms with Gasteiger partial charge < -0.3 is 14.4 Å². The first kappa shape index (κ1) is 21.9. The van der Waals surface area contributed by atoms with Gasteiger partial charge in [0.2, 0.25) is 0 Å². The van der Waals surface area contributed by atoms with Crippen LogP contribution >= 0.6 is 11.6 Å². The number of carbonyl (C=O) groups is 1. The molecule has 0 aliphatic carbocycles. The summed E-state index contributed by atoms with van der Waals surface area (Å²) in [5.41, 5.74) is 1.47. The molecule has 1 fully saturated rings. The van der Waals surface area contributed by atoms with Gasteiger partial charge in [-0.25, -0.2) is 9.18 Å². The minimum Gasteiger partial charge on any atom is -0.482 e. The van der Waals surface area contributed by atoms with Gasteiger partial charge in [0.15, 0.2) is 0 Å². The van der Waals surface area contributed by atoms with E-state index in [1.807, 2.05) is 39.8 Å². The van der Waals surface area contributed by atoms with Crippen LogP contribution in [0.5, 0.6) is 5.75 Å². The number of likely N-dealkylation sites (tertiary alicyclic amines) is 1. The van der Waals surface area contributed by atoms with Crippen molar-refractivity contribution in [2.24, 2.45) is 0 Å². The second kappa shape index (κ2) is 8.01. The van der Waals surface area contributed by atoms with Gasteiger partial charge in [-0.05, 0) is 69.7 Å². The van der Waals surface area contributed by atoms with Crippen LogP contribution in [0.25, 0.3) is 0 Å². The number of rotatable bonds is 2. The SMILES string of the molecule is CC(C)(C)OC(=O)N1CCC(c2cccc3c2O[C@](C)(c2ccc(Cl)cc2F)C3)CC1. The zero-order valence-electron chi connectivity index (χ0n) is 18.5. The van der Waals surface area contributed by atoms with Crippen LogP contribution in [-0.4, -0.2) is 29.7 Å². The first-order chi connectivity index (χ1) is 14.6. The second-order valence-electron chi connectivity index (χ2n) is 9.71. The zero-order valence-corrected chi connectivity index (χ0v) is 19.3. The van der Waals surface area contributed by atoms with Gasteiger partial charge in [-0.15, -0.1) is 0 Å². The number of piperidine rings is 1. The molecule has 0 saturated carbocycles. The first-order valence-electron chi connectivity index (χ1n) is 10.8. The Morgan fingerprint density at radius 3 is 2.58 bits per heavy atom. The van der Waals surface area contributed by atoms with Crippen molar-refractivity contribution in [3.8, 4) is 5.75 Å². The van der Waals surface area contributed by atoms with Gasteiger partial charge in [0.05, 0.1) is 0 Å². The molecule has 0 unspecified atom stereocenters. The Hall–Kier alpha value is -2.27. The van der Waals surface area contributed by atoms with Crippen molar-refractivity contribution in [3.63, 3.8) is 0 Å². The number of halogens is 2. The fourth-order valence-electron chi connectivity index (χ4n) is 4.58. The molecule has 0 aromatic heterocycles. The zero-order chi connectivity index (χ0) is 22.4. The minimum atomic E-state index is -0.773. The quantitative estimate of drug-likeness (QED) is 0.533. The summed E-state index contributed by atoms with van der Waals surface area (Å²) in [6, 6.07) is 10.9. The summed E-state index contributed by atoms with van der Waals surface area (Å²) < 4.78 is 26.6. The first-order valence-corrected chi connectivity index (χ1v) is 11.2. The Balaban J connectivity index is 1.51. The van der Waals surface area contributed by atoms with Crippen molar-refractivity contribution in [2.75, 3.05) is 13.1 Å². The fraction of sp³-hybridized carbons (Fsp3) is 0.480. The molecule has 2 aliphatic heterocycles. The number of para-hydroxylation sites is 1. The maximum Gasteiger partial charge on any atom is 0.410 e. The van der Waals surface area contributed by atoms with Crippen LogP contribution in [0.3, 0.4) is 0 Å². The van der Waals surface area contributed by atoms with Crippen molar-refractivity contribution >= 4 is 17.7 Å². The minimum absolute atomic E-state index is 0.258. The molecule has 0 radical (unpaired) electrons. The van der Waals surface area contributed by atoms with E-state index in [1.165, 1.54) is 6.07 Å². The molecule has 2 heterocycles. The standard InChI is InChI=1S/C25H29ClFNO3/c1-24(2,3)31-23(29)28-12-10-16(11-13-28)19-7-5-6-17-15-25(4,30-22(17)19)20-9-8-18(26)14-21(20)27/h5-9,14,16H,10-13,15H2,1-4H3/t25-/m0/s1. The van der Waals surface area contributed by atoms with Gasteiger partial charge in [0, 0.05) is 30.1 Å². The van der Waals surface area contributed by atoms with Crippen LogP contribution < -0.4 is 4.74 Å². The molecule has 0 bridgehead atoms. The highest BCUT2D eigenvalue weighted by atomic mass is 35.5. The van der Waals surface area contributed by atoms with Crippen molar-refractivity contribution in [2.45, 2.75) is 64.1 Å². The van der Waals surface area contributed by atoms with Gasteiger partial charge in [-0.1, -0.05) is 35.9 Å². The summed E-state index contributed by atoms with van der Waals surface area (Å²) in [5, 5.41) is 0.373. The third kappa shape index (κ3) is 4.52. The number of hydrogen-bond acceptors (Lipinski definition) is 3. The Morgan fingerprint density at radius 1 is 1.23 bits per heavy atom. The van der Waals surface area contributed by atoms with Crippen molar-refractivity contribution in [1.82, 2.24) is 4.90 Å². The number of amides is 1. The number of carbonyl (C=O) groups excluding carboxylic acids is 1. The molecule has 2 aliphatic rings. The lowest BCUT2D eigenvalue weighted by molar-refractivity contribution is 0.0204. The van der Waals surface area contributed by atoms with Crippen molar-refractivity contribution < 1.29 is 18.7 Å². The lowest BCUT2D eigenvalue weighted by atomic mass is 9.86. The number of fused-ring (bicyclic) bond motifs is 1. The molecule has 2 aromatic rings. The summed E-state index contributed by atoms with van der Waals surface area (Å²) in [5.74, 6) is 0.788. The number of nitrogens with zero attached hydrogens (tertiary/aromatic N) is 1. The van der Waals surface area contributed by atoms with Gasteiger partial charge in [-0.2, -0.15) is 0 Å². The van der Waals surface area contributed by atoms with Crippen LogP contribution in [0.4, 0.5) is 9.18 Å².